The number of nitrogens with zero attached hydrogens (tertiary/aromatic N) is 2. The maximum Gasteiger partial charge on any atom is 0.340 e. The lowest BCUT2D eigenvalue weighted by molar-refractivity contribution is -0.116. The summed E-state index contributed by atoms with van der Waals surface area (Å²) in [7, 11) is 0. The second kappa shape index (κ2) is 9.03. The lowest BCUT2D eigenvalue weighted by Crippen LogP contribution is -2.40. The van der Waals surface area contributed by atoms with Crippen LogP contribution in [0.3, 0.4) is 0 Å². The number of anilines is 1. The molecule has 2 aromatic carbocycles. The molecule has 0 bridgehead atoms. The van der Waals surface area contributed by atoms with Crippen molar-refractivity contribution in [2.45, 2.75) is 13.5 Å². The molecule has 1 N–H and O–H groups in total. The highest BCUT2D eigenvalue weighted by molar-refractivity contribution is 7.17. The first-order chi connectivity index (χ1) is 15.5. The number of para-hydroxylation sites is 2. The topological polar surface area (TPSA) is 99.4 Å². The molecule has 8 nitrogen and oxygen atoms in total. The minimum atomic E-state index is -0.624. The molecule has 0 aliphatic carbocycles. The smallest absolute Gasteiger partial charge is 0.340 e. The van der Waals surface area contributed by atoms with E-state index in [1.165, 1.54) is 15.9 Å². The highest BCUT2D eigenvalue weighted by Gasteiger charge is 2.19. The van der Waals surface area contributed by atoms with Crippen LogP contribution in [0.15, 0.2) is 75.6 Å². The number of carbonyl (C=O) groups excluding carboxylic acids is 2. The van der Waals surface area contributed by atoms with Crippen molar-refractivity contribution in [2.24, 2.45) is 0 Å². The highest BCUT2D eigenvalue weighted by atomic mass is 32.1. The Morgan fingerprint density at radius 3 is 2.47 bits per heavy atom. The molecule has 0 unspecified atom stereocenters. The highest BCUT2D eigenvalue weighted by Crippen LogP contribution is 2.18. The standard InChI is InChI=1S/C23H19N3O5S/c1-2-31-22(29)16-10-6-7-11-17(16)24-19(27)14-25-18-12-13-32-20(18)21(28)26(23(25)30)15-8-4-3-5-9-15/h3-13H,2,14H2,1H3,(H,24,27). The third kappa shape index (κ3) is 3.97. The molecule has 2 heterocycles. The quantitative estimate of drug-likeness (QED) is 0.456. The molecule has 9 heteroatoms. The van der Waals surface area contributed by atoms with Crippen LogP contribution in [0, 0.1) is 0 Å². The van der Waals surface area contributed by atoms with Gasteiger partial charge >= 0.3 is 11.7 Å². The Hall–Kier alpha value is -3.98. The molecule has 0 atom stereocenters. The lowest BCUT2D eigenvalue weighted by atomic mass is 10.2. The number of carbonyl (C=O) groups is 2. The number of nitrogens with one attached hydrogen (secondary N) is 1. The van der Waals surface area contributed by atoms with E-state index in [-0.39, 0.29) is 24.4 Å². The molecule has 4 rings (SSSR count). The van der Waals surface area contributed by atoms with Crippen molar-refractivity contribution in [1.29, 1.82) is 0 Å². The van der Waals surface area contributed by atoms with E-state index < -0.39 is 23.1 Å². The summed E-state index contributed by atoms with van der Waals surface area (Å²) < 4.78 is 7.71. The summed E-state index contributed by atoms with van der Waals surface area (Å²) >= 11 is 1.20. The van der Waals surface area contributed by atoms with Crippen LogP contribution in [0.1, 0.15) is 17.3 Å². The summed E-state index contributed by atoms with van der Waals surface area (Å²) in [5.41, 5.74) is 0.231. The number of benzene rings is 2. The number of ether oxygens (including phenoxy) is 1. The SMILES string of the molecule is CCOC(=O)c1ccccc1NC(=O)Cn1c(=O)n(-c2ccccc2)c(=O)c2sccc21. The molecule has 4 aromatic rings. The van der Waals surface area contributed by atoms with Gasteiger partial charge in [-0.15, -0.1) is 11.3 Å². The summed E-state index contributed by atoms with van der Waals surface area (Å²) in [6.07, 6.45) is 0. The Morgan fingerprint density at radius 2 is 1.72 bits per heavy atom. The summed E-state index contributed by atoms with van der Waals surface area (Å²) in [5.74, 6) is -1.08. The molecule has 0 spiro atoms. The third-order valence-electron chi connectivity index (χ3n) is 4.77. The molecule has 162 valence electrons. The average molecular weight is 449 g/mol. The van der Waals surface area contributed by atoms with Gasteiger partial charge in [-0.1, -0.05) is 30.3 Å². The minimum Gasteiger partial charge on any atom is -0.462 e. The molecule has 0 radical (unpaired) electrons. The van der Waals surface area contributed by atoms with E-state index >= 15 is 0 Å². The van der Waals surface area contributed by atoms with Crippen LogP contribution in [0.25, 0.3) is 15.9 Å². The predicted molar refractivity (Wildman–Crippen MR) is 123 cm³/mol. The van der Waals surface area contributed by atoms with Crippen LogP contribution in [-0.2, 0) is 16.1 Å². The van der Waals surface area contributed by atoms with Gasteiger partial charge in [-0.05, 0) is 42.6 Å². The maximum atomic E-state index is 13.2. The number of aromatic nitrogens is 2. The van der Waals surface area contributed by atoms with Crippen LogP contribution >= 0.6 is 11.3 Å². The fourth-order valence-corrected chi connectivity index (χ4v) is 4.18. The summed E-state index contributed by atoms with van der Waals surface area (Å²) in [6.45, 7) is 1.56. The number of amides is 1. The lowest BCUT2D eigenvalue weighted by Gasteiger charge is -2.13. The Kier molecular flexibility index (Phi) is 6.00. The second-order valence-electron chi connectivity index (χ2n) is 6.79. The number of fused-ring (bicyclic) bond motifs is 1. The molecule has 0 aliphatic rings. The van der Waals surface area contributed by atoms with Crippen LogP contribution in [-0.4, -0.2) is 27.6 Å². The van der Waals surface area contributed by atoms with Gasteiger partial charge in [0.25, 0.3) is 5.56 Å². The number of rotatable bonds is 6. The van der Waals surface area contributed by atoms with Crippen LogP contribution in [0.2, 0.25) is 0 Å². The van der Waals surface area contributed by atoms with E-state index in [1.54, 1.807) is 73.0 Å². The molecule has 2 aromatic heterocycles. The van der Waals surface area contributed by atoms with Crippen molar-refractivity contribution in [1.82, 2.24) is 9.13 Å². The van der Waals surface area contributed by atoms with Gasteiger partial charge in [0.05, 0.1) is 29.1 Å². The number of hydrogen-bond acceptors (Lipinski definition) is 6. The van der Waals surface area contributed by atoms with Crippen molar-refractivity contribution < 1.29 is 14.3 Å². The molecular weight excluding hydrogens is 430 g/mol. The minimum absolute atomic E-state index is 0.202. The van der Waals surface area contributed by atoms with Gasteiger partial charge in [0.1, 0.15) is 11.2 Å². The van der Waals surface area contributed by atoms with Crippen molar-refractivity contribution >= 4 is 39.1 Å². The van der Waals surface area contributed by atoms with Crippen molar-refractivity contribution in [3.8, 4) is 5.69 Å². The second-order valence-corrected chi connectivity index (χ2v) is 7.71. The van der Waals surface area contributed by atoms with Crippen molar-refractivity contribution in [3.05, 3.63) is 92.4 Å². The van der Waals surface area contributed by atoms with Crippen molar-refractivity contribution in [3.63, 3.8) is 0 Å². The number of hydrogen-bond donors (Lipinski definition) is 1. The zero-order valence-corrected chi connectivity index (χ0v) is 17.9. The van der Waals surface area contributed by atoms with Gasteiger partial charge in [-0.2, -0.15) is 0 Å². The van der Waals surface area contributed by atoms with E-state index in [0.717, 1.165) is 4.57 Å². The van der Waals surface area contributed by atoms with Gasteiger partial charge in [0.2, 0.25) is 5.91 Å². The Morgan fingerprint density at radius 1 is 1.00 bits per heavy atom. The maximum absolute atomic E-state index is 13.2. The van der Waals surface area contributed by atoms with Crippen LogP contribution in [0.4, 0.5) is 5.69 Å². The molecule has 0 fully saturated rings. The van der Waals surface area contributed by atoms with Gasteiger partial charge in [-0.25, -0.2) is 14.2 Å². The molecule has 0 saturated heterocycles. The third-order valence-corrected chi connectivity index (χ3v) is 5.66. The fraction of sp³-hybridized carbons (Fsp3) is 0.130. The number of thiophene rings is 1. The molecule has 32 heavy (non-hydrogen) atoms. The van der Waals surface area contributed by atoms with E-state index in [0.29, 0.717) is 15.9 Å². The zero-order chi connectivity index (χ0) is 22.7. The van der Waals surface area contributed by atoms with Gasteiger partial charge < -0.3 is 10.1 Å². The normalized spacial score (nSPS) is 10.8. The van der Waals surface area contributed by atoms with E-state index in [1.807, 2.05) is 0 Å². The zero-order valence-electron chi connectivity index (χ0n) is 17.1. The van der Waals surface area contributed by atoms with Gasteiger partial charge in [-0.3, -0.25) is 14.2 Å². The van der Waals surface area contributed by atoms with E-state index in [9.17, 15) is 19.2 Å². The van der Waals surface area contributed by atoms with Gasteiger partial charge in [0.15, 0.2) is 0 Å². The first-order valence-corrected chi connectivity index (χ1v) is 10.7. The Bertz CT molecular complexity index is 1420. The summed E-state index contributed by atoms with van der Waals surface area (Å²) in [6, 6.07) is 16.7. The monoisotopic (exact) mass is 449 g/mol. The average Bonchev–Trinajstić information content (AvgIpc) is 3.28. The Labute approximate surface area is 186 Å². The fourth-order valence-electron chi connectivity index (χ4n) is 3.36. The molecule has 0 aliphatic heterocycles. The van der Waals surface area contributed by atoms with E-state index in [2.05, 4.69) is 5.32 Å². The van der Waals surface area contributed by atoms with Crippen LogP contribution in [0.5, 0.6) is 0 Å². The van der Waals surface area contributed by atoms with E-state index in [4.69, 9.17) is 4.74 Å². The first kappa shape index (κ1) is 21.3. The molecule has 1 amide bonds. The Balaban J connectivity index is 1.73. The molecular formula is C23H19N3O5S. The first-order valence-electron chi connectivity index (χ1n) is 9.85. The summed E-state index contributed by atoms with van der Waals surface area (Å²) in [4.78, 5) is 51.2. The largest absolute Gasteiger partial charge is 0.462 e. The molecule has 0 saturated carbocycles. The summed E-state index contributed by atoms with van der Waals surface area (Å²) in [5, 5.41) is 4.37. The van der Waals surface area contributed by atoms with Crippen LogP contribution < -0.4 is 16.6 Å². The van der Waals surface area contributed by atoms with Crippen molar-refractivity contribution in [2.75, 3.05) is 11.9 Å². The van der Waals surface area contributed by atoms with Gasteiger partial charge in [0, 0.05) is 0 Å². The predicted octanol–water partition coefficient (Wildman–Crippen LogP) is 3.03. The number of esters is 1.